The number of aromatic nitrogens is 1. The second-order valence-corrected chi connectivity index (χ2v) is 5.02. The number of benzene rings is 1. The lowest BCUT2D eigenvalue weighted by Gasteiger charge is -2.30. The predicted molar refractivity (Wildman–Crippen MR) is 75.4 cm³/mol. The Balaban J connectivity index is 2.00. The van der Waals surface area contributed by atoms with E-state index in [0.717, 1.165) is 37.0 Å². The summed E-state index contributed by atoms with van der Waals surface area (Å²) >= 11 is 0. The van der Waals surface area contributed by atoms with Crippen LogP contribution in [0.25, 0.3) is 10.9 Å². The third-order valence-corrected chi connectivity index (χ3v) is 3.92. The molecule has 2 aromatic rings. The normalized spacial score (nSPS) is 18.6. The van der Waals surface area contributed by atoms with Gasteiger partial charge in [-0.2, -0.15) is 0 Å². The zero-order valence-corrected chi connectivity index (χ0v) is 10.9. The quantitative estimate of drug-likeness (QED) is 0.653. The first-order valence-corrected chi connectivity index (χ1v) is 6.77. The van der Waals surface area contributed by atoms with Crippen molar-refractivity contribution >= 4 is 10.9 Å². The van der Waals surface area contributed by atoms with Gasteiger partial charge < -0.3 is 4.74 Å². The fraction of sp³-hybridized carbons (Fsp3) is 0.400. The highest BCUT2D eigenvalue weighted by Crippen LogP contribution is 2.32. The van der Waals surface area contributed by atoms with Crippen LogP contribution in [0.15, 0.2) is 36.5 Å². The number of nitrogens with one attached hydrogen (secondary N) is 1. The van der Waals surface area contributed by atoms with Gasteiger partial charge in [-0.15, -0.1) is 0 Å². The van der Waals surface area contributed by atoms with Gasteiger partial charge in [-0.25, -0.2) is 0 Å². The maximum atomic E-state index is 5.81. The molecular formula is C15H19N3O. The second kappa shape index (κ2) is 5.65. The Morgan fingerprint density at radius 2 is 2.00 bits per heavy atom. The van der Waals surface area contributed by atoms with Crippen molar-refractivity contribution in [2.24, 2.45) is 11.8 Å². The molecule has 0 radical (unpaired) electrons. The summed E-state index contributed by atoms with van der Waals surface area (Å²) in [5, 5.41) is 1.16. The van der Waals surface area contributed by atoms with E-state index >= 15 is 0 Å². The monoisotopic (exact) mass is 257 g/mol. The van der Waals surface area contributed by atoms with E-state index in [4.69, 9.17) is 10.6 Å². The number of fused-ring (bicyclic) bond motifs is 1. The molecule has 0 bridgehead atoms. The van der Waals surface area contributed by atoms with Crippen molar-refractivity contribution < 1.29 is 4.74 Å². The first-order chi connectivity index (χ1) is 9.40. The third-order valence-electron chi connectivity index (χ3n) is 3.92. The van der Waals surface area contributed by atoms with Crippen LogP contribution in [-0.2, 0) is 4.74 Å². The number of nitrogens with two attached hydrogens (primary N) is 1. The van der Waals surface area contributed by atoms with Gasteiger partial charge in [0, 0.05) is 24.8 Å². The van der Waals surface area contributed by atoms with E-state index in [1.165, 1.54) is 5.56 Å². The zero-order valence-electron chi connectivity index (χ0n) is 10.9. The van der Waals surface area contributed by atoms with Crippen molar-refractivity contribution in [2.45, 2.75) is 18.9 Å². The number of rotatable bonds is 3. The molecule has 0 aliphatic carbocycles. The van der Waals surface area contributed by atoms with Crippen molar-refractivity contribution in [3.8, 4) is 0 Å². The first kappa shape index (κ1) is 12.5. The highest BCUT2D eigenvalue weighted by molar-refractivity contribution is 5.82. The summed E-state index contributed by atoms with van der Waals surface area (Å²) in [6.45, 7) is 1.64. The summed E-state index contributed by atoms with van der Waals surface area (Å²) in [7, 11) is 0. The van der Waals surface area contributed by atoms with Crippen molar-refractivity contribution in [1.82, 2.24) is 10.4 Å². The molecule has 4 nitrogen and oxygen atoms in total. The van der Waals surface area contributed by atoms with E-state index in [1.807, 2.05) is 12.3 Å². The summed E-state index contributed by atoms with van der Waals surface area (Å²) in [5.74, 6) is 6.31. The highest BCUT2D eigenvalue weighted by atomic mass is 16.5. The minimum atomic E-state index is 0.141. The lowest BCUT2D eigenvalue weighted by molar-refractivity contribution is 0.0538. The van der Waals surface area contributed by atoms with Crippen LogP contribution in [0, 0.1) is 5.92 Å². The predicted octanol–water partition coefficient (Wildman–Crippen LogP) is 2.17. The van der Waals surface area contributed by atoms with Gasteiger partial charge in [0.25, 0.3) is 0 Å². The van der Waals surface area contributed by atoms with Crippen molar-refractivity contribution in [3.05, 3.63) is 42.1 Å². The van der Waals surface area contributed by atoms with Crippen LogP contribution < -0.4 is 11.3 Å². The largest absolute Gasteiger partial charge is 0.381 e. The number of hydrazine groups is 1. The van der Waals surface area contributed by atoms with Gasteiger partial charge in [-0.05, 0) is 30.4 Å². The third kappa shape index (κ3) is 2.47. The van der Waals surface area contributed by atoms with Gasteiger partial charge in [0.1, 0.15) is 0 Å². The molecule has 0 amide bonds. The number of hydrogen-bond acceptors (Lipinski definition) is 4. The van der Waals surface area contributed by atoms with Gasteiger partial charge in [0.05, 0.1) is 11.6 Å². The van der Waals surface area contributed by atoms with E-state index < -0.39 is 0 Å². The van der Waals surface area contributed by atoms with E-state index in [-0.39, 0.29) is 6.04 Å². The molecule has 3 N–H and O–H groups in total. The molecule has 1 aliphatic heterocycles. The molecule has 1 saturated heterocycles. The maximum absolute atomic E-state index is 5.81. The summed E-state index contributed by atoms with van der Waals surface area (Å²) in [4.78, 5) is 4.52. The first-order valence-electron chi connectivity index (χ1n) is 6.77. The molecule has 1 aromatic heterocycles. The number of nitrogens with zero attached hydrogens (tertiary/aromatic N) is 1. The van der Waals surface area contributed by atoms with Crippen LogP contribution in [0.4, 0.5) is 0 Å². The van der Waals surface area contributed by atoms with E-state index in [9.17, 15) is 0 Å². The van der Waals surface area contributed by atoms with Crippen LogP contribution in [-0.4, -0.2) is 18.2 Å². The number of hydrogen-bond donors (Lipinski definition) is 2. The lowest BCUT2D eigenvalue weighted by Crippen LogP contribution is -2.36. The van der Waals surface area contributed by atoms with Gasteiger partial charge in [-0.1, -0.05) is 24.3 Å². The Labute approximate surface area is 112 Å². The van der Waals surface area contributed by atoms with Crippen molar-refractivity contribution in [2.75, 3.05) is 13.2 Å². The van der Waals surface area contributed by atoms with Gasteiger partial charge >= 0.3 is 0 Å². The topological polar surface area (TPSA) is 60.2 Å². The van der Waals surface area contributed by atoms with Crippen LogP contribution in [0.1, 0.15) is 24.4 Å². The highest BCUT2D eigenvalue weighted by Gasteiger charge is 2.26. The Bertz CT molecular complexity index is 547. The van der Waals surface area contributed by atoms with Gasteiger partial charge in [0.2, 0.25) is 0 Å². The fourth-order valence-electron chi connectivity index (χ4n) is 2.91. The number of pyridine rings is 1. The van der Waals surface area contributed by atoms with E-state index in [1.54, 1.807) is 0 Å². The van der Waals surface area contributed by atoms with Gasteiger partial charge in [0.15, 0.2) is 0 Å². The summed E-state index contributed by atoms with van der Waals surface area (Å²) < 4.78 is 5.43. The molecule has 1 aliphatic rings. The number of ether oxygens (including phenoxy) is 1. The molecule has 1 atom stereocenters. The molecule has 19 heavy (non-hydrogen) atoms. The molecule has 100 valence electrons. The van der Waals surface area contributed by atoms with E-state index in [0.29, 0.717) is 5.92 Å². The zero-order chi connectivity index (χ0) is 13.1. The summed E-state index contributed by atoms with van der Waals surface area (Å²) in [6, 6.07) is 10.5. The SMILES string of the molecule is NNC(c1cccc2cccnc12)C1CCOCC1. The molecule has 0 spiro atoms. The minimum Gasteiger partial charge on any atom is -0.381 e. The number of para-hydroxylation sites is 1. The Morgan fingerprint density at radius 1 is 1.21 bits per heavy atom. The maximum Gasteiger partial charge on any atom is 0.0750 e. The summed E-state index contributed by atoms with van der Waals surface area (Å²) in [5.41, 5.74) is 5.21. The Morgan fingerprint density at radius 3 is 2.79 bits per heavy atom. The average Bonchev–Trinajstić information content (AvgIpc) is 2.49. The van der Waals surface area contributed by atoms with Crippen molar-refractivity contribution in [3.63, 3.8) is 0 Å². The van der Waals surface area contributed by atoms with Crippen LogP contribution >= 0.6 is 0 Å². The van der Waals surface area contributed by atoms with E-state index in [2.05, 4.69) is 34.7 Å². The smallest absolute Gasteiger partial charge is 0.0750 e. The van der Waals surface area contributed by atoms with Crippen LogP contribution in [0.3, 0.4) is 0 Å². The second-order valence-electron chi connectivity index (χ2n) is 5.02. The Kier molecular flexibility index (Phi) is 3.73. The molecule has 1 unspecified atom stereocenters. The molecule has 4 heteroatoms. The Hall–Kier alpha value is -1.49. The molecule has 1 fully saturated rings. The van der Waals surface area contributed by atoms with Crippen LogP contribution in [0.5, 0.6) is 0 Å². The molecule has 0 saturated carbocycles. The van der Waals surface area contributed by atoms with Crippen molar-refractivity contribution in [1.29, 1.82) is 0 Å². The molecule has 1 aromatic carbocycles. The standard InChI is InChI=1S/C15H19N3O/c16-18-15(12-6-9-19-10-7-12)13-5-1-3-11-4-2-8-17-14(11)13/h1-5,8,12,15,18H,6-7,9-10,16H2. The molecular weight excluding hydrogens is 238 g/mol. The van der Waals surface area contributed by atoms with Gasteiger partial charge in [-0.3, -0.25) is 16.3 Å². The lowest BCUT2D eigenvalue weighted by atomic mass is 9.86. The minimum absolute atomic E-state index is 0.141. The summed E-state index contributed by atoms with van der Waals surface area (Å²) in [6.07, 6.45) is 3.92. The van der Waals surface area contributed by atoms with Crippen LogP contribution in [0.2, 0.25) is 0 Å². The average molecular weight is 257 g/mol. The molecule has 2 heterocycles. The molecule has 3 rings (SSSR count). The fourth-order valence-corrected chi connectivity index (χ4v) is 2.91.